The summed E-state index contributed by atoms with van der Waals surface area (Å²) < 4.78 is 6.15. The van der Waals surface area contributed by atoms with Crippen LogP contribution in [0.25, 0.3) is 0 Å². The maximum Gasteiger partial charge on any atom is 0.338 e. The zero-order chi connectivity index (χ0) is 28.1. The molecule has 1 heterocycles. The van der Waals surface area contributed by atoms with Crippen LogP contribution in [0, 0.1) is 37.5 Å². The molecule has 0 radical (unpaired) electrons. The number of hydrogen-bond acceptors (Lipinski definition) is 5. The van der Waals surface area contributed by atoms with E-state index in [9.17, 15) is 19.2 Å². The van der Waals surface area contributed by atoms with E-state index in [-0.39, 0.29) is 41.0 Å². The molecule has 2 saturated carbocycles. The lowest BCUT2D eigenvalue weighted by molar-refractivity contribution is -0.123. The maximum atomic E-state index is 13.5. The third-order valence-corrected chi connectivity index (χ3v) is 9.57. The van der Waals surface area contributed by atoms with E-state index in [4.69, 9.17) is 4.74 Å². The molecule has 3 aliphatic rings. The maximum absolute atomic E-state index is 13.5. The third kappa shape index (κ3) is 4.54. The summed E-state index contributed by atoms with van der Waals surface area (Å²) in [7, 11) is 0. The number of carbonyl (C=O) groups is 4. The van der Waals surface area contributed by atoms with Gasteiger partial charge in [-0.05, 0) is 97.5 Å². The third-order valence-electron chi connectivity index (χ3n) is 8.72. The summed E-state index contributed by atoms with van der Waals surface area (Å²) in [5, 5.41) is 2.77. The molecule has 1 N–H and O–H groups in total. The first-order valence-electron chi connectivity index (χ1n) is 13.5. The van der Waals surface area contributed by atoms with Gasteiger partial charge in [0.15, 0.2) is 6.61 Å². The molecule has 1 aliphatic heterocycles. The van der Waals surface area contributed by atoms with Crippen molar-refractivity contribution in [2.45, 2.75) is 32.6 Å². The van der Waals surface area contributed by atoms with E-state index in [0.29, 0.717) is 17.3 Å². The van der Waals surface area contributed by atoms with Crippen LogP contribution in [0.1, 0.15) is 45.8 Å². The number of fused-ring (bicyclic) bond motifs is 5. The summed E-state index contributed by atoms with van der Waals surface area (Å²) in [6.45, 7) is 3.36. The Hall–Kier alpha value is -3.78. The van der Waals surface area contributed by atoms with Gasteiger partial charge in [-0.2, -0.15) is 0 Å². The van der Waals surface area contributed by atoms with Crippen molar-refractivity contribution in [2.24, 2.45) is 23.7 Å². The second-order valence-electron chi connectivity index (χ2n) is 11.1. The lowest BCUT2D eigenvalue weighted by Gasteiger charge is -2.28. The lowest BCUT2D eigenvalue weighted by Crippen LogP contribution is -2.33. The minimum Gasteiger partial charge on any atom is -0.452 e. The van der Waals surface area contributed by atoms with Gasteiger partial charge < -0.3 is 10.1 Å². The summed E-state index contributed by atoms with van der Waals surface area (Å²) in [5.41, 5.74) is 4.43. The average molecular weight is 601 g/mol. The molecule has 6 rings (SSSR count). The summed E-state index contributed by atoms with van der Waals surface area (Å²) in [5.74, 6) is -1.26. The SMILES string of the molecule is Cc1cc(NC(=O)COC(=O)c2ccc(N3C(=O)[C@@H]4[C@@H]5C[C@@H]([C@H]4C3=O)[C@@H](c3ccccc3)C5)cc2)c(C)cc1Br. The molecule has 3 aromatic rings. The van der Waals surface area contributed by atoms with Crippen molar-refractivity contribution in [2.75, 3.05) is 16.8 Å². The molecule has 0 unspecified atom stereocenters. The van der Waals surface area contributed by atoms with Crippen LogP contribution in [0.3, 0.4) is 0 Å². The summed E-state index contributed by atoms with van der Waals surface area (Å²) >= 11 is 3.46. The molecule has 3 fully saturated rings. The molecule has 3 amide bonds. The molecule has 5 atom stereocenters. The van der Waals surface area contributed by atoms with Gasteiger partial charge in [0, 0.05) is 10.2 Å². The first-order chi connectivity index (χ1) is 19.2. The Morgan fingerprint density at radius 1 is 0.925 bits per heavy atom. The molecule has 1 saturated heterocycles. The fourth-order valence-electron chi connectivity index (χ4n) is 6.86. The number of amides is 3. The Labute approximate surface area is 241 Å². The summed E-state index contributed by atoms with van der Waals surface area (Å²) in [6, 6.07) is 20.3. The van der Waals surface area contributed by atoms with E-state index in [1.54, 1.807) is 12.1 Å². The van der Waals surface area contributed by atoms with Gasteiger partial charge in [-0.3, -0.25) is 19.3 Å². The van der Waals surface area contributed by atoms with Crippen LogP contribution in [0.4, 0.5) is 11.4 Å². The van der Waals surface area contributed by atoms with E-state index in [2.05, 4.69) is 33.4 Å². The van der Waals surface area contributed by atoms with Crippen molar-refractivity contribution in [1.82, 2.24) is 0 Å². The van der Waals surface area contributed by atoms with E-state index in [1.807, 2.05) is 44.2 Å². The second kappa shape index (κ2) is 10.3. The Morgan fingerprint density at radius 2 is 1.62 bits per heavy atom. The van der Waals surface area contributed by atoms with E-state index >= 15 is 0 Å². The summed E-state index contributed by atoms with van der Waals surface area (Å²) in [6.07, 6.45) is 1.85. The number of ether oxygens (including phenoxy) is 1. The van der Waals surface area contributed by atoms with Crippen molar-refractivity contribution >= 4 is 51.0 Å². The van der Waals surface area contributed by atoms with Crippen molar-refractivity contribution in [1.29, 1.82) is 0 Å². The Morgan fingerprint density at radius 3 is 2.35 bits per heavy atom. The monoisotopic (exact) mass is 600 g/mol. The number of anilines is 2. The number of esters is 1. The van der Waals surface area contributed by atoms with Crippen LogP contribution in [0.2, 0.25) is 0 Å². The van der Waals surface area contributed by atoms with Gasteiger partial charge in [0.05, 0.1) is 23.1 Å². The number of nitrogens with zero attached hydrogens (tertiary/aromatic N) is 1. The van der Waals surface area contributed by atoms with Crippen molar-refractivity contribution < 1.29 is 23.9 Å². The highest BCUT2D eigenvalue weighted by atomic mass is 79.9. The molecule has 2 aliphatic carbocycles. The van der Waals surface area contributed by atoms with Gasteiger partial charge in [0.1, 0.15) is 0 Å². The topological polar surface area (TPSA) is 92.8 Å². The van der Waals surface area contributed by atoms with Crippen molar-refractivity contribution in [3.8, 4) is 0 Å². The Bertz CT molecular complexity index is 1520. The van der Waals surface area contributed by atoms with Crippen molar-refractivity contribution in [3.63, 3.8) is 0 Å². The van der Waals surface area contributed by atoms with Crippen molar-refractivity contribution in [3.05, 3.63) is 93.5 Å². The zero-order valence-electron chi connectivity index (χ0n) is 22.2. The molecule has 2 bridgehead atoms. The van der Waals surface area contributed by atoms with Gasteiger partial charge >= 0.3 is 5.97 Å². The molecule has 40 heavy (non-hydrogen) atoms. The van der Waals surface area contributed by atoms with Crippen LogP contribution in [0.5, 0.6) is 0 Å². The Balaban J connectivity index is 1.09. The molecule has 204 valence electrons. The first-order valence-corrected chi connectivity index (χ1v) is 14.3. The molecule has 3 aromatic carbocycles. The number of benzene rings is 3. The predicted molar refractivity (Wildman–Crippen MR) is 154 cm³/mol. The largest absolute Gasteiger partial charge is 0.452 e. The van der Waals surface area contributed by atoms with Gasteiger partial charge in [-0.25, -0.2) is 4.79 Å². The molecular weight excluding hydrogens is 572 g/mol. The van der Waals surface area contributed by atoms with E-state index in [0.717, 1.165) is 28.4 Å². The van der Waals surface area contributed by atoms with Crippen LogP contribution >= 0.6 is 15.9 Å². The van der Waals surface area contributed by atoms with E-state index in [1.165, 1.54) is 22.6 Å². The molecule has 0 spiro atoms. The number of hydrogen-bond donors (Lipinski definition) is 1. The first kappa shape index (κ1) is 26.4. The highest BCUT2D eigenvalue weighted by Gasteiger charge is 2.64. The van der Waals surface area contributed by atoms with E-state index < -0.39 is 18.5 Å². The number of nitrogens with one attached hydrogen (secondary N) is 1. The minimum atomic E-state index is -0.662. The normalized spacial score (nSPS) is 24.8. The van der Waals surface area contributed by atoms with Gasteiger partial charge in [-0.15, -0.1) is 0 Å². The standard InChI is InChI=1S/C32H29BrN2O5/c1-17-13-26(18(2)12-25(17)33)34-27(36)16-40-32(39)20-8-10-22(11-9-20)35-30(37)28-21-14-23(19-6-4-3-5-7-19)24(15-21)29(28)31(35)38/h3-13,21,23-24,28-29H,14-16H2,1-2H3,(H,34,36)/t21-,23+,24+,28+,29+/m0/s1. The smallest absolute Gasteiger partial charge is 0.338 e. The fraction of sp³-hybridized carbons (Fsp3) is 0.312. The molecule has 8 heteroatoms. The number of aryl methyl sites for hydroxylation is 2. The number of rotatable bonds is 6. The highest BCUT2D eigenvalue weighted by Crippen LogP contribution is 2.61. The summed E-state index contributed by atoms with van der Waals surface area (Å²) in [4.78, 5) is 53.2. The fourth-order valence-corrected chi connectivity index (χ4v) is 7.32. The average Bonchev–Trinajstić information content (AvgIpc) is 3.62. The Kier molecular flexibility index (Phi) is 6.82. The zero-order valence-corrected chi connectivity index (χ0v) is 23.8. The number of carbonyl (C=O) groups excluding carboxylic acids is 4. The number of halogens is 1. The van der Waals surface area contributed by atoms with Crippen LogP contribution in [-0.2, 0) is 19.1 Å². The van der Waals surface area contributed by atoms with Crippen LogP contribution in [-0.4, -0.2) is 30.3 Å². The quantitative estimate of drug-likeness (QED) is 0.285. The van der Waals surface area contributed by atoms with Gasteiger partial charge in [-0.1, -0.05) is 46.3 Å². The predicted octanol–water partition coefficient (Wildman–Crippen LogP) is 5.79. The van der Waals surface area contributed by atoms with Gasteiger partial charge in [0.25, 0.3) is 5.91 Å². The molecule has 0 aromatic heterocycles. The minimum absolute atomic E-state index is 0.139. The molecule has 7 nitrogen and oxygen atoms in total. The van der Waals surface area contributed by atoms with Crippen LogP contribution in [0.15, 0.2) is 71.2 Å². The van der Waals surface area contributed by atoms with Crippen LogP contribution < -0.4 is 10.2 Å². The lowest BCUT2D eigenvalue weighted by atomic mass is 9.73. The highest BCUT2D eigenvalue weighted by molar-refractivity contribution is 9.10. The second-order valence-corrected chi connectivity index (χ2v) is 11.9. The molecular formula is C32H29BrN2O5. The van der Waals surface area contributed by atoms with Gasteiger partial charge in [0.2, 0.25) is 11.8 Å². The number of imide groups is 1.